The fraction of sp³-hybridized carbons (Fsp3) is 0.333. The van der Waals surface area contributed by atoms with Crippen LogP contribution in [0.2, 0.25) is 0 Å². The molecule has 0 saturated carbocycles. The van der Waals surface area contributed by atoms with E-state index in [2.05, 4.69) is 92.1 Å². The number of aryl methyl sites for hydroxylation is 1. The average Bonchev–Trinajstić information content (AvgIpc) is 2.64. The molecule has 138 valence electrons. The highest BCUT2D eigenvalue weighted by Crippen LogP contribution is 2.21. The van der Waals surface area contributed by atoms with Crippen molar-refractivity contribution in [3.8, 4) is 0 Å². The fourth-order valence-corrected chi connectivity index (χ4v) is 2.98. The summed E-state index contributed by atoms with van der Waals surface area (Å²) in [6.07, 6.45) is 6.79. The number of benzene rings is 2. The van der Waals surface area contributed by atoms with E-state index in [9.17, 15) is 0 Å². The van der Waals surface area contributed by atoms with E-state index in [4.69, 9.17) is 0 Å². The number of rotatable bonds is 9. The summed E-state index contributed by atoms with van der Waals surface area (Å²) in [5.74, 6) is 0. The van der Waals surface area contributed by atoms with E-state index in [1.807, 2.05) is 7.05 Å². The third-order valence-electron chi connectivity index (χ3n) is 4.36. The van der Waals surface area contributed by atoms with Gasteiger partial charge in [0.15, 0.2) is 0 Å². The maximum Gasteiger partial charge on any atom is 0.0360 e. The molecule has 0 atom stereocenters. The second kappa shape index (κ2) is 10.6. The van der Waals surface area contributed by atoms with E-state index in [1.54, 1.807) is 0 Å². The third kappa shape index (κ3) is 6.53. The largest absolute Gasteiger partial charge is 0.381 e. The zero-order valence-electron chi connectivity index (χ0n) is 16.6. The molecule has 0 unspecified atom stereocenters. The molecule has 2 aromatic carbocycles. The summed E-state index contributed by atoms with van der Waals surface area (Å²) in [6.45, 7) is 8.32. The molecule has 0 saturated heterocycles. The van der Waals surface area contributed by atoms with Crippen LogP contribution in [0.4, 0.5) is 5.69 Å². The second-order valence-electron chi connectivity index (χ2n) is 6.91. The predicted molar refractivity (Wildman–Crippen MR) is 116 cm³/mol. The Morgan fingerprint density at radius 1 is 1.04 bits per heavy atom. The maximum absolute atomic E-state index is 3.52. The molecule has 2 aromatic rings. The van der Waals surface area contributed by atoms with Gasteiger partial charge in [0.2, 0.25) is 0 Å². The van der Waals surface area contributed by atoms with Crippen molar-refractivity contribution in [2.75, 3.05) is 18.9 Å². The molecular formula is C24H32N2. The van der Waals surface area contributed by atoms with Gasteiger partial charge >= 0.3 is 0 Å². The first-order chi connectivity index (χ1) is 12.6. The van der Waals surface area contributed by atoms with Crippen LogP contribution in [-0.2, 0) is 6.54 Å². The Kier molecular flexibility index (Phi) is 8.17. The van der Waals surface area contributed by atoms with Crippen molar-refractivity contribution < 1.29 is 0 Å². The lowest BCUT2D eigenvalue weighted by Crippen LogP contribution is -2.06. The van der Waals surface area contributed by atoms with Crippen LogP contribution >= 0.6 is 0 Å². The minimum Gasteiger partial charge on any atom is -0.381 e. The van der Waals surface area contributed by atoms with Gasteiger partial charge in [-0.15, -0.1) is 0 Å². The molecule has 0 radical (unpaired) electrons. The van der Waals surface area contributed by atoms with Gasteiger partial charge in [0, 0.05) is 18.8 Å². The van der Waals surface area contributed by atoms with Gasteiger partial charge in [0.1, 0.15) is 0 Å². The SMILES string of the molecule is CCC/C(=C\C=C(/C)CNc1cccc(CNC)c1)c1cccc(C)c1. The first kappa shape index (κ1) is 20.0. The number of anilines is 1. The molecule has 2 rings (SSSR count). The van der Waals surface area contributed by atoms with Crippen molar-refractivity contribution in [3.05, 3.63) is 82.9 Å². The summed E-state index contributed by atoms with van der Waals surface area (Å²) in [5, 5.41) is 6.72. The minimum atomic E-state index is 0.854. The topological polar surface area (TPSA) is 24.1 Å². The molecule has 2 nitrogen and oxygen atoms in total. The fourth-order valence-electron chi connectivity index (χ4n) is 2.98. The highest BCUT2D eigenvalue weighted by Gasteiger charge is 2.01. The molecule has 0 aliphatic rings. The third-order valence-corrected chi connectivity index (χ3v) is 4.36. The van der Waals surface area contributed by atoms with Gasteiger partial charge in [-0.2, -0.15) is 0 Å². The van der Waals surface area contributed by atoms with Crippen LogP contribution in [0.5, 0.6) is 0 Å². The molecule has 0 amide bonds. The van der Waals surface area contributed by atoms with Crippen molar-refractivity contribution in [2.24, 2.45) is 0 Å². The molecule has 0 heterocycles. The second-order valence-corrected chi connectivity index (χ2v) is 6.91. The van der Waals surface area contributed by atoms with Crippen molar-refractivity contribution in [3.63, 3.8) is 0 Å². The maximum atomic E-state index is 3.52. The van der Waals surface area contributed by atoms with Crippen molar-refractivity contribution >= 4 is 11.3 Å². The van der Waals surface area contributed by atoms with Gasteiger partial charge in [0.05, 0.1) is 0 Å². The number of hydrogen-bond acceptors (Lipinski definition) is 2. The quantitative estimate of drug-likeness (QED) is 0.547. The monoisotopic (exact) mass is 348 g/mol. The summed E-state index contributed by atoms with van der Waals surface area (Å²) in [7, 11) is 1.97. The van der Waals surface area contributed by atoms with Gasteiger partial charge < -0.3 is 10.6 Å². The van der Waals surface area contributed by atoms with E-state index >= 15 is 0 Å². The molecule has 0 aromatic heterocycles. The van der Waals surface area contributed by atoms with E-state index in [0.29, 0.717) is 0 Å². The molecule has 0 bridgehead atoms. The summed E-state index contributed by atoms with van der Waals surface area (Å²) < 4.78 is 0. The van der Waals surface area contributed by atoms with Crippen LogP contribution in [0, 0.1) is 6.92 Å². The lowest BCUT2D eigenvalue weighted by molar-refractivity contribution is 0.818. The van der Waals surface area contributed by atoms with E-state index in [1.165, 1.54) is 33.5 Å². The van der Waals surface area contributed by atoms with Crippen LogP contribution in [0.15, 0.2) is 66.3 Å². The Morgan fingerprint density at radius 3 is 2.58 bits per heavy atom. The molecule has 0 fully saturated rings. The lowest BCUT2D eigenvalue weighted by atomic mass is 9.99. The van der Waals surface area contributed by atoms with E-state index in [0.717, 1.165) is 25.9 Å². The summed E-state index contributed by atoms with van der Waals surface area (Å²) in [4.78, 5) is 0. The zero-order valence-corrected chi connectivity index (χ0v) is 16.6. The summed E-state index contributed by atoms with van der Waals surface area (Å²) >= 11 is 0. The number of hydrogen-bond donors (Lipinski definition) is 2. The molecule has 2 N–H and O–H groups in total. The Labute approximate surface area is 159 Å². The minimum absolute atomic E-state index is 0.854. The van der Waals surface area contributed by atoms with E-state index in [-0.39, 0.29) is 0 Å². The molecule has 26 heavy (non-hydrogen) atoms. The average molecular weight is 349 g/mol. The van der Waals surface area contributed by atoms with Crippen LogP contribution in [0.3, 0.4) is 0 Å². The number of allylic oxidation sites excluding steroid dienone is 3. The van der Waals surface area contributed by atoms with Crippen LogP contribution < -0.4 is 10.6 Å². The first-order valence-corrected chi connectivity index (χ1v) is 9.53. The van der Waals surface area contributed by atoms with Crippen molar-refractivity contribution in [1.82, 2.24) is 5.32 Å². The van der Waals surface area contributed by atoms with E-state index < -0.39 is 0 Å². The molecular weight excluding hydrogens is 316 g/mol. The summed E-state index contributed by atoms with van der Waals surface area (Å²) in [5.41, 5.74) is 7.85. The predicted octanol–water partition coefficient (Wildman–Crippen LogP) is 5.96. The van der Waals surface area contributed by atoms with Gasteiger partial charge in [0.25, 0.3) is 0 Å². The standard InChI is InChI=1S/C24H32N2/c1-5-8-22(23-11-6-9-19(2)15-23)14-13-20(3)17-26-24-12-7-10-21(16-24)18-25-4/h6-7,9-16,25-26H,5,8,17-18H2,1-4H3/b20-13+,22-14+. The Hall–Kier alpha value is -2.32. The molecule has 0 aliphatic carbocycles. The van der Waals surface area contributed by atoms with Gasteiger partial charge in [-0.05, 0) is 56.1 Å². The highest BCUT2D eigenvalue weighted by molar-refractivity contribution is 5.67. The zero-order chi connectivity index (χ0) is 18.8. The number of nitrogens with one attached hydrogen (secondary N) is 2. The first-order valence-electron chi connectivity index (χ1n) is 9.53. The Bertz CT molecular complexity index is 756. The van der Waals surface area contributed by atoms with Gasteiger partial charge in [-0.25, -0.2) is 0 Å². The Morgan fingerprint density at radius 2 is 1.85 bits per heavy atom. The van der Waals surface area contributed by atoms with Crippen molar-refractivity contribution in [1.29, 1.82) is 0 Å². The lowest BCUT2D eigenvalue weighted by Gasteiger charge is -2.09. The normalized spacial score (nSPS) is 12.3. The van der Waals surface area contributed by atoms with Crippen LogP contribution in [0.25, 0.3) is 5.57 Å². The summed E-state index contributed by atoms with van der Waals surface area (Å²) in [6, 6.07) is 17.4. The van der Waals surface area contributed by atoms with Crippen LogP contribution in [-0.4, -0.2) is 13.6 Å². The molecule has 0 spiro atoms. The van der Waals surface area contributed by atoms with Crippen molar-refractivity contribution in [2.45, 2.75) is 40.2 Å². The molecule has 0 aliphatic heterocycles. The van der Waals surface area contributed by atoms with Crippen LogP contribution in [0.1, 0.15) is 43.4 Å². The highest BCUT2D eigenvalue weighted by atomic mass is 14.9. The van der Waals surface area contributed by atoms with Gasteiger partial charge in [-0.1, -0.05) is 73.0 Å². The Balaban J connectivity index is 2.04. The smallest absolute Gasteiger partial charge is 0.0360 e. The molecule has 2 heteroatoms. The van der Waals surface area contributed by atoms with Gasteiger partial charge in [-0.3, -0.25) is 0 Å².